The Bertz CT molecular complexity index is 769. The molecule has 3 aromatic rings. The Balaban J connectivity index is 1.80. The number of hydrogen-bond donors (Lipinski definition) is 8. The second kappa shape index (κ2) is 5.97. The van der Waals surface area contributed by atoms with Crippen molar-refractivity contribution in [1.82, 2.24) is 50.3 Å². The summed E-state index contributed by atoms with van der Waals surface area (Å²) in [5.41, 5.74) is 6.86. The zero-order chi connectivity index (χ0) is 16.2. The standard InChI is InChI=1S/C6H11N17/c7-13-2-10-1(16-17-2)11-4-18-20-6(21-19-4)23-5(15-9)12-3(14-8)22-23/h7-9H2,(H2,12,14,15,22)(H3,10,11,13,16,17,18,19). The summed E-state index contributed by atoms with van der Waals surface area (Å²) in [6.45, 7) is 0. The highest BCUT2D eigenvalue weighted by molar-refractivity contribution is 5.43. The number of H-pyrrole nitrogens is 1. The topological polar surface area (TPSA) is 250 Å². The van der Waals surface area contributed by atoms with Crippen molar-refractivity contribution in [2.45, 2.75) is 0 Å². The molecule has 11 N–H and O–H groups in total. The summed E-state index contributed by atoms with van der Waals surface area (Å²) in [4.78, 5) is 7.83. The second-order valence-electron chi connectivity index (χ2n) is 3.76. The van der Waals surface area contributed by atoms with E-state index in [9.17, 15) is 0 Å². The highest BCUT2D eigenvalue weighted by Gasteiger charge is 2.14. The quantitative estimate of drug-likeness (QED) is 0.162. The molecule has 3 rings (SSSR count). The van der Waals surface area contributed by atoms with Gasteiger partial charge >= 0.3 is 0 Å². The SMILES string of the molecule is NNc1nc(NN)n(-c2nnc(Nc3n[nH]c(NN)n3)nn2)n1. The maximum absolute atomic E-state index is 5.32. The van der Waals surface area contributed by atoms with Crippen LogP contribution in [0.15, 0.2) is 0 Å². The van der Waals surface area contributed by atoms with Crippen molar-refractivity contribution in [1.29, 1.82) is 0 Å². The number of rotatable bonds is 6. The lowest BCUT2D eigenvalue weighted by Crippen LogP contribution is -2.16. The number of aromatic amines is 1. The normalized spacial score (nSPS) is 10.4. The van der Waals surface area contributed by atoms with Crippen molar-refractivity contribution >= 4 is 29.7 Å². The Kier molecular flexibility index (Phi) is 3.70. The molecular formula is C6H11N17. The zero-order valence-corrected chi connectivity index (χ0v) is 11.3. The van der Waals surface area contributed by atoms with Gasteiger partial charge in [0, 0.05) is 0 Å². The zero-order valence-electron chi connectivity index (χ0n) is 11.3. The molecule has 0 atom stereocenters. The molecule has 0 saturated carbocycles. The molecule has 3 aromatic heterocycles. The summed E-state index contributed by atoms with van der Waals surface area (Å²) in [5.74, 6) is 16.4. The van der Waals surface area contributed by atoms with Crippen LogP contribution in [0.1, 0.15) is 0 Å². The van der Waals surface area contributed by atoms with Crippen LogP contribution in [0.2, 0.25) is 0 Å². The highest BCUT2D eigenvalue weighted by Crippen LogP contribution is 2.11. The average Bonchev–Trinajstić information content (AvgIpc) is 3.21. The molecule has 3 heterocycles. The van der Waals surface area contributed by atoms with Crippen molar-refractivity contribution in [2.24, 2.45) is 17.5 Å². The minimum atomic E-state index is 0.0109. The van der Waals surface area contributed by atoms with E-state index in [1.54, 1.807) is 0 Å². The number of hydrogen-bond acceptors (Lipinski definition) is 15. The third-order valence-electron chi connectivity index (χ3n) is 2.37. The summed E-state index contributed by atoms with van der Waals surface area (Å²) < 4.78 is 1.15. The van der Waals surface area contributed by atoms with Crippen molar-refractivity contribution in [3.8, 4) is 5.95 Å². The van der Waals surface area contributed by atoms with E-state index in [1.807, 2.05) is 0 Å². The summed E-state index contributed by atoms with van der Waals surface area (Å²) in [6, 6.07) is 0. The lowest BCUT2D eigenvalue weighted by molar-refractivity contribution is 0.735. The van der Waals surface area contributed by atoms with E-state index in [0.29, 0.717) is 0 Å². The van der Waals surface area contributed by atoms with Gasteiger partial charge in [-0.2, -0.15) is 14.6 Å². The van der Waals surface area contributed by atoms with Crippen LogP contribution >= 0.6 is 0 Å². The van der Waals surface area contributed by atoms with E-state index in [0.717, 1.165) is 4.68 Å². The first-order valence-electron chi connectivity index (χ1n) is 5.87. The Labute approximate surface area is 126 Å². The van der Waals surface area contributed by atoms with Crippen LogP contribution in [0.5, 0.6) is 0 Å². The number of aromatic nitrogens is 10. The van der Waals surface area contributed by atoms with E-state index in [4.69, 9.17) is 17.5 Å². The third kappa shape index (κ3) is 2.85. The monoisotopic (exact) mass is 321 g/mol. The minimum Gasteiger partial charge on any atom is -0.293 e. The molecule has 0 spiro atoms. The molecule has 17 nitrogen and oxygen atoms in total. The van der Waals surface area contributed by atoms with Crippen LogP contribution in [-0.4, -0.2) is 50.3 Å². The largest absolute Gasteiger partial charge is 0.293 e. The molecule has 0 amide bonds. The Morgan fingerprint density at radius 2 is 1.61 bits per heavy atom. The van der Waals surface area contributed by atoms with E-state index < -0.39 is 0 Å². The molecule has 0 aliphatic carbocycles. The molecule has 0 aliphatic heterocycles. The molecule has 0 aliphatic rings. The van der Waals surface area contributed by atoms with Crippen molar-refractivity contribution < 1.29 is 0 Å². The van der Waals surface area contributed by atoms with Gasteiger partial charge in [0.1, 0.15) is 0 Å². The van der Waals surface area contributed by atoms with Gasteiger partial charge in [0.05, 0.1) is 0 Å². The number of anilines is 5. The van der Waals surface area contributed by atoms with Crippen LogP contribution in [0.3, 0.4) is 0 Å². The number of nitrogens with two attached hydrogens (primary N) is 3. The smallest absolute Gasteiger partial charge is 0.292 e. The maximum Gasteiger partial charge on any atom is 0.292 e. The Morgan fingerprint density at radius 1 is 0.826 bits per heavy atom. The number of nitrogens with zero attached hydrogens (tertiary/aromatic N) is 9. The van der Waals surface area contributed by atoms with E-state index >= 15 is 0 Å². The van der Waals surface area contributed by atoms with Crippen LogP contribution < -0.4 is 39.1 Å². The van der Waals surface area contributed by atoms with Crippen molar-refractivity contribution in [3.05, 3.63) is 0 Å². The summed E-state index contributed by atoms with van der Waals surface area (Å²) in [5, 5.41) is 28.2. The molecule has 120 valence electrons. The average molecular weight is 321 g/mol. The molecule has 0 aromatic carbocycles. The molecule has 0 bridgehead atoms. The van der Waals surface area contributed by atoms with Gasteiger partial charge < -0.3 is 0 Å². The number of hydrazine groups is 3. The van der Waals surface area contributed by atoms with Gasteiger partial charge in [0.15, 0.2) is 0 Å². The lowest BCUT2D eigenvalue weighted by atomic mass is 10.9. The van der Waals surface area contributed by atoms with E-state index in [2.05, 4.69) is 67.3 Å². The van der Waals surface area contributed by atoms with Crippen molar-refractivity contribution in [2.75, 3.05) is 21.6 Å². The molecule has 17 heteroatoms. The fourth-order valence-corrected chi connectivity index (χ4v) is 1.45. The van der Waals surface area contributed by atoms with Gasteiger partial charge in [0.2, 0.25) is 11.9 Å². The maximum atomic E-state index is 5.32. The molecule has 0 fully saturated rings. The molecule has 0 saturated heterocycles. The van der Waals surface area contributed by atoms with E-state index in [-0.39, 0.29) is 35.7 Å². The van der Waals surface area contributed by atoms with Crippen LogP contribution in [0, 0.1) is 0 Å². The minimum absolute atomic E-state index is 0.0109. The fraction of sp³-hybridized carbons (Fsp3) is 0. The van der Waals surface area contributed by atoms with Crippen LogP contribution in [-0.2, 0) is 0 Å². The van der Waals surface area contributed by atoms with Gasteiger partial charge in [0.25, 0.3) is 23.8 Å². The first-order valence-corrected chi connectivity index (χ1v) is 5.87. The second-order valence-corrected chi connectivity index (χ2v) is 3.76. The van der Waals surface area contributed by atoms with Gasteiger partial charge in [-0.05, 0) is 0 Å². The van der Waals surface area contributed by atoms with Crippen LogP contribution in [0.4, 0.5) is 29.7 Å². The predicted molar refractivity (Wildman–Crippen MR) is 75.6 cm³/mol. The van der Waals surface area contributed by atoms with E-state index in [1.165, 1.54) is 0 Å². The third-order valence-corrected chi connectivity index (χ3v) is 2.37. The summed E-state index contributed by atoms with van der Waals surface area (Å²) in [6.07, 6.45) is 0. The van der Waals surface area contributed by atoms with Gasteiger partial charge in [-0.25, -0.2) is 22.6 Å². The summed E-state index contributed by atoms with van der Waals surface area (Å²) >= 11 is 0. The molecular weight excluding hydrogens is 310 g/mol. The fourth-order valence-electron chi connectivity index (χ4n) is 1.45. The van der Waals surface area contributed by atoms with Gasteiger partial charge in [-0.1, -0.05) is 0 Å². The predicted octanol–water partition coefficient (Wildman–Crippen LogP) is -3.43. The Hall–Kier alpha value is -3.70. The molecule has 0 radical (unpaired) electrons. The Morgan fingerprint density at radius 3 is 2.22 bits per heavy atom. The molecule has 23 heavy (non-hydrogen) atoms. The number of nitrogen functional groups attached to an aromatic ring is 3. The van der Waals surface area contributed by atoms with Gasteiger partial charge in [-0.15, -0.1) is 30.6 Å². The first kappa shape index (κ1) is 14.2. The number of nitrogens with one attached hydrogen (secondary N) is 5. The molecule has 0 unspecified atom stereocenters. The summed E-state index contributed by atoms with van der Waals surface area (Å²) in [7, 11) is 0. The highest BCUT2D eigenvalue weighted by atomic mass is 15.6. The lowest BCUT2D eigenvalue weighted by Gasteiger charge is -2.02. The van der Waals surface area contributed by atoms with Crippen LogP contribution in [0.25, 0.3) is 5.95 Å². The van der Waals surface area contributed by atoms with Crippen molar-refractivity contribution in [3.63, 3.8) is 0 Å². The van der Waals surface area contributed by atoms with Gasteiger partial charge in [-0.3, -0.25) is 21.6 Å². The first-order chi connectivity index (χ1) is 11.2.